The Morgan fingerprint density at radius 3 is 2.21 bits per heavy atom. The van der Waals surface area contributed by atoms with E-state index < -0.39 is 0 Å². The first-order chi connectivity index (χ1) is 11.7. The van der Waals surface area contributed by atoms with Gasteiger partial charge in [0.15, 0.2) is 0 Å². The van der Waals surface area contributed by atoms with Crippen molar-refractivity contribution in [2.45, 2.75) is 12.5 Å². The second kappa shape index (κ2) is 7.53. The molecule has 24 heavy (non-hydrogen) atoms. The number of carbonyl (C=O) groups is 1. The van der Waals surface area contributed by atoms with Crippen LogP contribution in [0.1, 0.15) is 18.0 Å². The van der Waals surface area contributed by atoms with Crippen LogP contribution in [0.3, 0.4) is 0 Å². The lowest BCUT2D eigenvalue weighted by Gasteiger charge is -2.12. The number of hydrogen-bond acceptors (Lipinski definition) is 3. The lowest BCUT2D eigenvalue weighted by Crippen LogP contribution is -2.20. The summed E-state index contributed by atoms with van der Waals surface area (Å²) < 4.78 is 0. The number of amides is 1. The van der Waals surface area contributed by atoms with Gasteiger partial charge in [-0.1, -0.05) is 42.5 Å². The first-order valence-electron chi connectivity index (χ1n) is 7.83. The van der Waals surface area contributed by atoms with E-state index in [1.807, 2.05) is 66.7 Å². The smallest absolute Gasteiger partial charge is 0.226 e. The van der Waals surface area contributed by atoms with Crippen molar-refractivity contribution in [2.75, 3.05) is 5.32 Å². The monoisotopic (exact) mass is 317 g/mol. The van der Waals surface area contributed by atoms with Crippen molar-refractivity contribution in [1.29, 1.82) is 0 Å². The molecule has 2 aromatic carbocycles. The van der Waals surface area contributed by atoms with Gasteiger partial charge in [-0.25, -0.2) is 0 Å². The van der Waals surface area contributed by atoms with E-state index >= 15 is 0 Å². The predicted octanol–water partition coefficient (Wildman–Crippen LogP) is 3.78. The fraction of sp³-hybridized carbons (Fsp3) is 0.100. The zero-order chi connectivity index (χ0) is 16.8. The maximum absolute atomic E-state index is 12.2. The molecule has 0 saturated carbocycles. The standard InChI is InChI=1S/C20H19N3O/c21-19(17-4-2-1-3-5-17)14-20(24)23-18-8-6-15(7-9-18)16-10-12-22-13-11-16/h1-13,19H,14,21H2,(H,23,24)/t19-/m1/s1. The Morgan fingerprint density at radius 2 is 1.54 bits per heavy atom. The van der Waals surface area contributed by atoms with E-state index in [1.165, 1.54) is 0 Å². The van der Waals surface area contributed by atoms with Gasteiger partial charge in [-0.05, 0) is 41.0 Å². The van der Waals surface area contributed by atoms with E-state index in [1.54, 1.807) is 12.4 Å². The van der Waals surface area contributed by atoms with Crippen LogP contribution in [-0.4, -0.2) is 10.9 Å². The third-order valence-corrected chi connectivity index (χ3v) is 3.82. The second-order valence-electron chi connectivity index (χ2n) is 5.58. The summed E-state index contributed by atoms with van der Waals surface area (Å²) in [5, 5.41) is 2.89. The number of hydrogen-bond donors (Lipinski definition) is 2. The number of nitrogens with one attached hydrogen (secondary N) is 1. The normalized spacial score (nSPS) is 11.7. The Bertz CT molecular complexity index is 786. The molecule has 0 radical (unpaired) electrons. The maximum atomic E-state index is 12.2. The number of nitrogens with two attached hydrogens (primary N) is 1. The van der Waals surface area contributed by atoms with Crippen molar-refractivity contribution < 1.29 is 4.79 Å². The highest BCUT2D eigenvalue weighted by Gasteiger charge is 2.11. The SMILES string of the molecule is N[C@H](CC(=O)Nc1ccc(-c2ccncc2)cc1)c1ccccc1. The molecule has 0 bridgehead atoms. The van der Waals surface area contributed by atoms with Crippen LogP contribution < -0.4 is 11.1 Å². The van der Waals surface area contributed by atoms with Crippen LogP contribution in [0.5, 0.6) is 0 Å². The third-order valence-electron chi connectivity index (χ3n) is 3.82. The first kappa shape index (κ1) is 15.9. The van der Waals surface area contributed by atoms with Gasteiger partial charge in [0.25, 0.3) is 0 Å². The van der Waals surface area contributed by atoms with Crippen LogP contribution in [0.15, 0.2) is 79.1 Å². The molecule has 0 spiro atoms. The van der Waals surface area contributed by atoms with Gasteiger partial charge in [0.1, 0.15) is 0 Å². The maximum Gasteiger partial charge on any atom is 0.226 e. The van der Waals surface area contributed by atoms with Crippen LogP contribution >= 0.6 is 0 Å². The molecule has 1 atom stereocenters. The average molecular weight is 317 g/mol. The Hall–Kier alpha value is -2.98. The van der Waals surface area contributed by atoms with E-state index in [-0.39, 0.29) is 18.4 Å². The number of carbonyl (C=O) groups excluding carboxylic acids is 1. The van der Waals surface area contributed by atoms with Gasteiger partial charge in [0.2, 0.25) is 5.91 Å². The molecular formula is C20H19N3O. The van der Waals surface area contributed by atoms with Gasteiger partial charge in [0, 0.05) is 30.5 Å². The molecule has 1 heterocycles. The fourth-order valence-corrected chi connectivity index (χ4v) is 2.52. The predicted molar refractivity (Wildman–Crippen MR) is 96.3 cm³/mol. The van der Waals surface area contributed by atoms with Crippen molar-refractivity contribution in [3.63, 3.8) is 0 Å². The Kier molecular flexibility index (Phi) is 4.99. The van der Waals surface area contributed by atoms with Crippen LogP contribution in [0.2, 0.25) is 0 Å². The third kappa shape index (κ3) is 4.06. The second-order valence-corrected chi connectivity index (χ2v) is 5.58. The molecule has 120 valence electrons. The molecule has 0 aliphatic heterocycles. The molecule has 0 aliphatic rings. The highest BCUT2D eigenvalue weighted by atomic mass is 16.1. The number of pyridine rings is 1. The van der Waals surface area contributed by atoms with Crippen LogP contribution in [0.25, 0.3) is 11.1 Å². The van der Waals surface area contributed by atoms with E-state index in [2.05, 4.69) is 10.3 Å². The van der Waals surface area contributed by atoms with E-state index in [0.29, 0.717) is 0 Å². The molecule has 3 rings (SSSR count). The molecular weight excluding hydrogens is 298 g/mol. The minimum absolute atomic E-state index is 0.0944. The van der Waals surface area contributed by atoms with Crippen molar-refractivity contribution in [3.05, 3.63) is 84.7 Å². The van der Waals surface area contributed by atoms with Gasteiger partial charge in [-0.2, -0.15) is 0 Å². The van der Waals surface area contributed by atoms with Gasteiger partial charge >= 0.3 is 0 Å². The van der Waals surface area contributed by atoms with Crippen molar-refractivity contribution in [2.24, 2.45) is 5.73 Å². The Labute approximate surface area is 141 Å². The molecule has 0 saturated heterocycles. The number of rotatable bonds is 5. The number of anilines is 1. The van der Waals surface area contributed by atoms with Gasteiger partial charge in [-0.3, -0.25) is 9.78 Å². The molecule has 0 fully saturated rings. The summed E-state index contributed by atoms with van der Waals surface area (Å²) in [6.45, 7) is 0. The Morgan fingerprint density at radius 1 is 0.917 bits per heavy atom. The zero-order valence-electron chi connectivity index (χ0n) is 13.2. The van der Waals surface area contributed by atoms with E-state index in [0.717, 1.165) is 22.4 Å². The molecule has 3 aromatic rings. The molecule has 3 N–H and O–H groups in total. The highest BCUT2D eigenvalue weighted by Crippen LogP contribution is 2.21. The quantitative estimate of drug-likeness (QED) is 0.752. The lowest BCUT2D eigenvalue weighted by molar-refractivity contribution is -0.116. The summed E-state index contributed by atoms with van der Waals surface area (Å²) in [5.74, 6) is -0.0944. The van der Waals surface area contributed by atoms with Crippen molar-refractivity contribution >= 4 is 11.6 Å². The van der Waals surface area contributed by atoms with Crippen LogP contribution in [0, 0.1) is 0 Å². The summed E-state index contributed by atoms with van der Waals surface area (Å²) in [7, 11) is 0. The topological polar surface area (TPSA) is 68.0 Å². The molecule has 1 amide bonds. The molecule has 4 heteroatoms. The summed E-state index contributed by atoms with van der Waals surface area (Å²) >= 11 is 0. The van der Waals surface area contributed by atoms with E-state index in [4.69, 9.17) is 5.73 Å². The molecule has 0 aliphatic carbocycles. The fourth-order valence-electron chi connectivity index (χ4n) is 2.52. The molecule has 4 nitrogen and oxygen atoms in total. The average Bonchev–Trinajstić information content (AvgIpc) is 2.64. The summed E-state index contributed by atoms with van der Waals surface area (Å²) in [6, 6.07) is 21.0. The lowest BCUT2D eigenvalue weighted by atomic mass is 10.0. The van der Waals surface area contributed by atoms with Crippen LogP contribution in [0.4, 0.5) is 5.69 Å². The molecule has 0 unspecified atom stereocenters. The molecule has 1 aromatic heterocycles. The van der Waals surface area contributed by atoms with E-state index in [9.17, 15) is 4.79 Å². The van der Waals surface area contributed by atoms with Gasteiger partial charge in [0.05, 0.1) is 0 Å². The van der Waals surface area contributed by atoms with Crippen LogP contribution in [-0.2, 0) is 4.79 Å². The van der Waals surface area contributed by atoms with Gasteiger partial charge < -0.3 is 11.1 Å². The minimum Gasteiger partial charge on any atom is -0.326 e. The van der Waals surface area contributed by atoms with Gasteiger partial charge in [-0.15, -0.1) is 0 Å². The summed E-state index contributed by atoms with van der Waals surface area (Å²) in [5.41, 5.74) is 9.98. The minimum atomic E-state index is -0.303. The first-order valence-corrected chi connectivity index (χ1v) is 7.83. The Balaban J connectivity index is 1.61. The zero-order valence-corrected chi connectivity index (χ0v) is 13.2. The largest absolute Gasteiger partial charge is 0.326 e. The number of benzene rings is 2. The number of nitrogens with zero attached hydrogens (tertiary/aromatic N) is 1. The number of aromatic nitrogens is 1. The van der Waals surface area contributed by atoms with Crippen molar-refractivity contribution in [3.8, 4) is 11.1 Å². The highest BCUT2D eigenvalue weighted by molar-refractivity contribution is 5.91. The van der Waals surface area contributed by atoms with Crippen molar-refractivity contribution in [1.82, 2.24) is 4.98 Å². The summed E-state index contributed by atoms with van der Waals surface area (Å²) in [4.78, 5) is 16.2. The summed E-state index contributed by atoms with van der Waals surface area (Å²) in [6.07, 6.45) is 3.77.